The number of rotatable bonds is 2. The molecule has 0 aliphatic carbocycles. The molecule has 0 unspecified atom stereocenters. The van der Waals surface area contributed by atoms with Crippen molar-refractivity contribution in [3.63, 3.8) is 0 Å². The van der Waals surface area contributed by atoms with Gasteiger partial charge in [0.05, 0.1) is 15.9 Å². The predicted molar refractivity (Wildman–Crippen MR) is 115 cm³/mol. The lowest BCUT2D eigenvalue weighted by atomic mass is 10.0. The smallest absolute Gasteiger partial charge is 0.233 e. The van der Waals surface area contributed by atoms with Crippen molar-refractivity contribution >= 4 is 54.4 Å². The quantitative estimate of drug-likeness (QED) is 0.356. The first-order valence-electron chi connectivity index (χ1n) is 8.33. The molecular formula is C21H18INO2S. The van der Waals surface area contributed by atoms with Crippen LogP contribution in [0.5, 0.6) is 0 Å². The van der Waals surface area contributed by atoms with Gasteiger partial charge in [-0.2, -0.15) is 0 Å². The summed E-state index contributed by atoms with van der Waals surface area (Å²) in [6.45, 7) is 6.08. The molecule has 0 saturated heterocycles. The second-order valence-corrected chi connectivity index (χ2v) is 9.64. The van der Waals surface area contributed by atoms with E-state index in [1.807, 2.05) is 39.0 Å². The molecule has 0 bridgehead atoms. The van der Waals surface area contributed by atoms with Gasteiger partial charge in [0.15, 0.2) is 0 Å². The van der Waals surface area contributed by atoms with Crippen molar-refractivity contribution in [2.45, 2.75) is 25.7 Å². The van der Waals surface area contributed by atoms with Crippen LogP contribution in [0.3, 0.4) is 0 Å². The van der Waals surface area contributed by atoms with Crippen molar-refractivity contribution in [2.75, 3.05) is 0 Å². The van der Waals surface area contributed by atoms with E-state index < -0.39 is 10.0 Å². The van der Waals surface area contributed by atoms with Crippen LogP contribution in [0, 0.1) is 24.3 Å². The molecule has 0 fully saturated rings. The molecule has 1 heterocycles. The summed E-state index contributed by atoms with van der Waals surface area (Å²) in [6, 6.07) is 16.7. The highest BCUT2D eigenvalue weighted by atomic mass is 127. The number of halogens is 1. The second kappa shape index (κ2) is 6.09. The molecule has 0 aliphatic heterocycles. The number of aromatic nitrogens is 1. The van der Waals surface area contributed by atoms with Gasteiger partial charge in [0.25, 0.3) is 10.0 Å². The van der Waals surface area contributed by atoms with Gasteiger partial charge in [-0.25, -0.2) is 12.4 Å². The summed E-state index contributed by atoms with van der Waals surface area (Å²) >= 11 is 2.27. The maximum atomic E-state index is 13.5. The van der Waals surface area contributed by atoms with Crippen LogP contribution in [-0.4, -0.2) is 12.4 Å². The highest BCUT2D eigenvalue weighted by molar-refractivity contribution is 14.1. The summed E-state index contributed by atoms with van der Waals surface area (Å²) in [4.78, 5) is 0.302. The minimum absolute atomic E-state index is 0.302. The van der Waals surface area contributed by atoms with Crippen LogP contribution in [0.4, 0.5) is 0 Å². The predicted octanol–water partition coefficient (Wildman–Crippen LogP) is 5.56. The fraction of sp³-hybridized carbons (Fsp3) is 0.143. The highest BCUT2D eigenvalue weighted by Gasteiger charge is 2.25. The van der Waals surface area contributed by atoms with E-state index in [1.54, 1.807) is 24.3 Å². The molecule has 3 nitrogen and oxygen atoms in total. The molecule has 0 amide bonds. The topological polar surface area (TPSA) is 39.1 Å². The molecule has 4 aromatic rings. The minimum atomic E-state index is -3.70. The van der Waals surface area contributed by atoms with E-state index in [4.69, 9.17) is 0 Å². The first kappa shape index (κ1) is 17.5. The first-order chi connectivity index (χ1) is 12.3. The van der Waals surface area contributed by atoms with E-state index in [9.17, 15) is 8.42 Å². The molecule has 5 heteroatoms. The number of fused-ring (bicyclic) bond motifs is 3. The van der Waals surface area contributed by atoms with Crippen LogP contribution in [0.2, 0.25) is 0 Å². The number of benzene rings is 3. The monoisotopic (exact) mass is 475 g/mol. The molecule has 4 rings (SSSR count). The standard InChI is InChI=1S/C21H18INO2S/c1-13-11-14(2)20-18-12-16(22)9-10-19(18)23(21(20)15(13)3)26(24,25)17-7-5-4-6-8-17/h4-12H,1-3H3. The third-order valence-electron chi connectivity index (χ3n) is 4.94. The summed E-state index contributed by atoms with van der Waals surface area (Å²) in [5, 5.41) is 1.99. The fourth-order valence-corrected chi connectivity index (χ4v) is 5.70. The zero-order valence-corrected chi connectivity index (χ0v) is 17.7. The highest BCUT2D eigenvalue weighted by Crippen LogP contribution is 2.38. The summed E-state index contributed by atoms with van der Waals surface area (Å²) in [5.41, 5.74) is 4.69. The van der Waals surface area contributed by atoms with Crippen LogP contribution in [0.25, 0.3) is 21.8 Å². The van der Waals surface area contributed by atoms with Crippen molar-refractivity contribution in [2.24, 2.45) is 0 Å². The third kappa shape index (κ3) is 2.48. The molecule has 0 radical (unpaired) electrons. The average molecular weight is 475 g/mol. The van der Waals surface area contributed by atoms with Gasteiger partial charge in [-0.05, 0) is 90.4 Å². The largest absolute Gasteiger partial charge is 0.268 e. The molecule has 0 N–H and O–H groups in total. The van der Waals surface area contributed by atoms with Crippen molar-refractivity contribution in [1.82, 2.24) is 3.97 Å². The lowest BCUT2D eigenvalue weighted by molar-refractivity contribution is 0.590. The molecule has 0 aliphatic rings. The van der Waals surface area contributed by atoms with E-state index in [0.29, 0.717) is 4.90 Å². The normalized spacial score (nSPS) is 12.2. The van der Waals surface area contributed by atoms with Crippen LogP contribution >= 0.6 is 22.6 Å². The third-order valence-corrected chi connectivity index (χ3v) is 7.34. The van der Waals surface area contributed by atoms with Crippen molar-refractivity contribution < 1.29 is 8.42 Å². The molecular weight excluding hydrogens is 457 g/mol. The summed E-state index contributed by atoms with van der Waals surface area (Å²) in [5.74, 6) is 0. The van der Waals surface area contributed by atoms with E-state index in [-0.39, 0.29) is 0 Å². The maximum Gasteiger partial charge on any atom is 0.268 e. The van der Waals surface area contributed by atoms with E-state index in [0.717, 1.165) is 42.1 Å². The SMILES string of the molecule is Cc1cc(C)c2c3cc(I)ccc3n(S(=O)(=O)c3ccccc3)c2c1C. The zero-order chi connectivity index (χ0) is 18.6. The minimum Gasteiger partial charge on any atom is -0.233 e. The Balaban J connectivity index is 2.28. The van der Waals surface area contributed by atoms with Gasteiger partial charge in [0.1, 0.15) is 0 Å². The Kier molecular flexibility index (Phi) is 4.11. The average Bonchev–Trinajstić information content (AvgIpc) is 2.96. The maximum absolute atomic E-state index is 13.5. The van der Waals surface area contributed by atoms with Crippen molar-refractivity contribution in [3.05, 3.63) is 74.9 Å². The Labute approximate surface area is 166 Å². The van der Waals surface area contributed by atoms with Crippen LogP contribution < -0.4 is 0 Å². The molecule has 0 spiro atoms. The van der Waals surface area contributed by atoms with Crippen LogP contribution in [0.1, 0.15) is 16.7 Å². The molecule has 132 valence electrons. The van der Waals surface area contributed by atoms with Crippen LogP contribution in [0.15, 0.2) is 59.5 Å². The lowest BCUT2D eigenvalue weighted by Gasteiger charge is -2.12. The van der Waals surface area contributed by atoms with Crippen molar-refractivity contribution in [3.8, 4) is 0 Å². The molecule has 3 aromatic carbocycles. The number of nitrogens with zero attached hydrogens (tertiary/aromatic N) is 1. The first-order valence-corrected chi connectivity index (χ1v) is 10.9. The Morgan fingerprint density at radius 1 is 0.885 bits per heavy atom. The van der Waals surface area contributed by atoms with Gasteiger partial charge in [-0.1, -0.05) is 24.3 Å². The fourth-order valence-electron chi connectivity index (χ4n) is 3.61. The Morgan fingerprint density at radius 3 is 2.27 bits per heavy atom. The zero-order valence-electron chi connectivity index (χ0n) is 14.7. The molecule has 1 aromatic heterocycles. The Hall–Kier alpha value is -1.86. The van der Waals surface area contributed by atoms with Crippen molar-refractivity contribution in [1.29, 1.82) is 0 Å². The van der Waals surface area contributed by atoms with E-state index in [2.05, 4.69) is 34.7 Å². The van der Waals surface area contributed by atoms with Gasteiger partial charge in [-0.3, -0.25) is 0 Å². The number of aryl methyl sites for hydroxylation is 3. The van der Waals surface area contributed by atoms with Gasteiger partial charge in [0, 0.05) is 14.3 Å². The van der Waals surface area contributed by atoms with Gasteiger partial charge < -0.3 is 0 Å². The Bertz CT molecular complexity index is 1270. The summed E-state index contributed by atoms with van der Waals surface area (Å²) in [7, 11) is -3.70. The second-order valence-electron chi connectivity index (χ2n) is 6.60. The number of hydrogen-bond donors (Lipinski definition) is 0. The van der Waals surface area contributed by atoms with Crippen LogP contribution in [-0.2, 0) is 10.0 Å². The molecule has 0 saturated carbocycles. The Morgan fingerprint density at radius 2 is 1.58 bits per heavy atom. The van der Waals surface area contributed by atoms with E-state index >= 15 is 0 Å². The van der Waals surface area contributed by atoms with Gasteiger partial charge in [0.2, 0.25) is 0 Å². The van der Waals surface area contributed by atoms with Gasteiger partial charge >= 0.3 is 0 Å². The summed E-state index contributed by atoms with van der Waals surface area (Å²) < 4.78 is 29.7. The van der Waals surface area contributed by atoms with Gasteiger partial charge in [-0.15, -0.1) is 0 Å². The summed E-state index contributed by atoms with van der Waals surface area (Å²) in [6.07, 6.45) is 0. The molecule has 26 heavy (non-hydrogen) atoms. The number of hydrogen-bond acceptors (Lipinski definition) is 2. The van der Waals surface area contributed by atoms with E-state index in [1.165, 1.54) is 3.97 Å². The lowest BCUT2D eigenvalue weighted by Crippen LogP contribution is -2.13. The molecule has 0 atom stereocenters.